The van der Waals surface area contributed by atoms with Crippen molar-refractivity contribution in [2.75, 3.05) is 6.54 Å². The van der Waals surface area contributed by atoms with Gasteiger partial charge in [0.05, 0.1) is 0 Å². The lowest BCUT2D eigenvalue weighted by Crippen LogP contribution is -2.06. The molecule has 0 atom stereocenters. The zero-order valence-corrected chi connectivity index (χ0v) is 15.3. The lowest BCUT2D eigenvalue weighted by molar-refractivity contribution is 0.830. The molecule has 23 heavy (non-hydrogen) atoms. The Labute approximate surface area is 151 Å². The van der Waals surface area contributed by atoms with E-state index in [0.29, 0.717) is 6.54 Å². The summed E-state index contributed by atoms with van der Waals surface area (Å²) < 4.78 is 1.10. The van der Waals surface area contributed by atoms with Crippen LogP contribution in [0.3, 0.4) is 0 Å². The molecule has 2 aromatic rings. The fourth-order valence-corrected chi connectivity index (χ4v) is 3.77. The van der Waals surface area contributed by atoms with Crippen LogP contribution in [-0.4, -0.2) is 6.54 Å². The fourth-order valence-electron chi connectivity index (χ4n) is 3.12. The first-order valence-electron chi connectivity index (χ1n) is 7.76. The number of aryl methyl sites for hydroxylation is 1. The molecule has 0 heterocycles. The Balaban J connectivity index is 2.03. The van der Waals surface area contributed by atoms with Crippen LogP contribution >= 0.6 is 27.5 Å². The summed E-state index contributed by atoms with van der Waals surface area (Å²) in [5.74, 6) is 0. The fraction of sp³-hybridized carbons (Fsp3) is 0.200. The van der Waals surface area contributed by atoms with Crippen LogP contribution in [0.25, 0.3) is 11.1 Å². The van der Waals surface area contributed by atoms with E-state index in [-0.39, 0.29) is 0 Å². The molecule has 1 nitrogen and oxygen atoms in total. The summed E-state index contributed by atoms with van der Waals surface area (Å²) >= 11 is 9.99. The van der Waals surface area contributed by atoms with Gasteiger partial charge < -0.3 is 5.73 Å². The number of allylic oxidation sites excluding steroid dienone is 3. The average Bonchev–Trinajstić information content (AvgIpc) is 2.54. The van der Waals surface area contributed by atoms with E-state index in [1.807, 2.05) is 12.1 Å². The van der Waals surface area contributed by atoms with Crippen LogP contribution < -0.4 is 5.73 Å². The Bertz CT molecular complexity index is 792. The van der Waals surface area contributed by atoms with E-state index in [9.17, 15) is 0 Å². The number of nitrogens with two attached hydrogens (primary N) is 1. The minimum absolute atomic E-state index is 0.701. The highest BCUT2D eigenvalue weighted by molar-refractivity contribution is 9.10. The van der Waals surface area contributed by atoms with E-state index in [4.69, 9.17) is 17.3 Å². The van der Waals surface area contributed by atoms with Gasteiger partial charge in [0.25, 0.3) is 0 Å². The van der Waals surface area contributed by atoms with Crippen LogP contribution in [0.5, 0.6) is 0 Å². The van der Waals surface area contributed by atoms with Crippen molar-refractivity contribution in [1.29, 1.82) is 0 Å². The molecular formula is C20H19BrClN. The topological polar surface area (TPSA) is 26.0 Å². The van der Waals surface area contributed by atoms with Crippen molar-refractivity contribution >= 4 is 38.7 Å². The molecular weight excluding hydrogens is 370 g/mol. The molecule has 1 aliphatic carbocycles. The molecule has 3 rings (SSSR count). The summed E-state index contributed by atoms with van der Waals surface area (Å²) in [4.78, 5) is 0. The van der Waals surface area contributed by atoms with E-state index < -0.39 is 0 Å². The van der Waals surface area contributed by atoms with Gasteiger partial charge in [-0.2, -0.15) is 0 Å². The molecule has 118 valence electrons. The highest BCUT2D eigenvalue weighted by Crippen LogP contribution is 2.38. The molecule has 0 aromatic heterocycles. The maximum absolute atomic E-state index is 6.42. The van der Waals surface area contributed by atoms with Gasteiger partial charge in [0.2, 0.25) is 0 Å². The molecule has 2 aromatic carbocycles. The van der Waals surface area contributed by atoms with Gasteiger partial charge in [-0.15, -0.1) is 0 Å². The molecule has 0 saturated carbocycles. The first-order valence-corrected chi connectivity index (χ1v) is 8.93. The van der Waals surface area contributed by atoms with Crippen LogP contribution in [0.1, 0.15) is 28.7 Å². The monoisotopic (exact) mass is 387 g/mol. The third kappa shape index (κ3) is 3.45. The molecule has 0 radical (unpaired) electrons. The molecule has 0 amide bonds. The predicted molar refractivity (Wildman–Crippen MR) is 104 cm³/mol. The lowest BCUT2D eigenvalue weighted by Gasteiger charge is -2.22. The Morgan fingerprint density at radius 3 is 2.78 bits per heavy atom. The number of hydrogen-bond donors (Lipinski definition) is 1. The second-order valence-corrected chi connectivity index (χ2v) is 7.15. The third-order valence-electron chi connectivity index (χ3n) is 4.24. The molecule has 0 fully saturated rings. The van der Waals surface area contributed by atoms with Crippen LogP contribution in [0.15, 0.2) is 53.5 Å². The Hall–Kier alpha value is -1.35. The summed E-state index contributed by atoms with van der Waals surface area (Å²) in [6, 6.07) is 12.5. The zero-order chi connectivity index (χ0) is 16.4. The highest BCUT2D eigenvalue weighted by Gasteiger charge is 2.19. The van der Waals surface area contributed by atoms with Crippen molar-refractivity contribution in [3.8, 4) is 0 Å². The number of fused-ring (bicyclic) bond motifs is 1. The van der Waals surface area contributed by atoms with Gasteiger partial charge in [0, 0.05) is 15.9 Å². The SMILES string of the molecule is C=C1C=C(c2ccc(Br)cc2CCCN)Cc2c(Cl)cccc21. The smallest absolute Gasteiger partial charge is 0.0447 e. The summed E-state index contributed by atoms with van der Waals surface area (Å²) in [7, 11) is 0. The highest BCUT2D eigenvalue weighted by atomic mass is 79.9. The van der Waals surface area contributed by atoms with Crippen molar-refractivity contribution in [2.24, 2.45) is 5.73 Å². The van der Waals surface area contributed by atoms with Crippen molar-refractivity contribution in [2.45, 2.75) is 19.3 Å². The summed E-state index contributed by atoms with van der Waals surface area (Å²) in [5.41, 5.74) is 12.9. The number of halogens is 2. The standard InChI is InChI=1S/C20H19BrClN/c1-13-10-15(12-19-17(13)5-2-6-20(19)22)18-8-7-16(21)11-14(18)4-3-9-23/h2,5-8,10-11H,1,3-4,9,12,23H2. The summed E-state index contributed by atoms with van der Waals surface area (Å²) in [6.45, 7) is 4.92. The van der Waals surface area contributed by atoms with Crippen molar-refractivity contribution in [3.05, 3.63) is 80.8 Å². The number of rotatable bonds is 4. The predicted octanol–water partition coefficient (Wildman–Crippen LogP) is 5.65. The lowest BCUT2D eigenvalue weighted by atomic mass is 9.84. The number of hydrogen-bond acceptors (Lipinski definition) is 1. The maximum Gasteiger partial charge on any atom is 0.0447 e. The second kappa shape index (κ2) is 7.04. The Morgan fingerprint density at radius 2 is 2.00 bits per heavy atom. The van der Waals surface area contributed by atoms with Gasteiger partial charge in [0.1, 0.15) is 0 Å². The quantitative estimate of drug-likeness (QED) is 0.720. The van der Waals surface area contributed by atoms with Gasteiger partial charge in [0.15, 0.2) is 0 Å². The van der Waals surface area contributed by atoms with Gasteiger partial charge >= 0.3 is 0 Å². The average molecular weight is 389 g/mol. The van der Waals surface area contributed by atoms with E-state index in [1.54, 1.807) is 0 Å². The van der Waals surface area contributed by atoms with E-state index in [2.05, 4.69) is 52.9 Å². The normalized spacial score (nSPS) is 13.7. The van der Waals surface area contributed by atoms with Crippen LogP contribution in [0.2, 0.25) is 5.02 Å². The van der Waals surface area contributed by atoms with Gasteiger partial charge in [-0.3, -0.25) is 0 Å². The second-order valence-electron chi connectivity index (χ2n) is 5.83. The Morgan fingerprint density at radius 1 is 1.17 bits per heavy atom. The van der Waals surface area contributed by atoms with E-state index in [0.717, 1.165) is 39.9 Å². The van der Waals surface area contributed by atoms with Gasteiger partial charge in [-0.05, 0) is 71.0 Å². The molecule has 0 aliphatic heterocycles. The maximum atomic E-state index is 6.42. The molecule has 3 heteroatoms. The number of benzene rings is 2. The van der Waals surface area contributed by atoms with E-state index >= 15 is 0 Å². The molecule has 1 aliphatic rings. The molecule has 2 N–H and O–H groups in total. The largest absolute Gasteiger partial charge is 0.330 e. The first-order chi connectivity index (χ1) is 11.1. The first kappa shape index (κ1) is 16.5. The zero-order valence-electron chi connectivity index (χ0n) is 12.9. The Kier molecular flexibility index (Phi) is 5.05. The summed E-state index contributed by atoms with van der Waals surface area (Å²) in [5, 5.41) is 0.815. The van der Waals surface area contributed by atoms with Gasteiger partial charge in [-0.25, -0.2) is 0 Å². The van der Waals surface area contributed by atoms with Crippen LogP contribution in [0.4, 0.5) is 0 Å². The molecule has 0 saturated heterocycles. The third-order valence-corrected chi connectivity index (χ3v) is 5.09. The van der Waals surface area contributed by atoms with E-state index in [1.165, 1.54) is 22.3 Å². The molecule has 0 spiro atoms. The minimum Gasteiger partial charge on any atom is -0.330 e. The summed E-state index contributed by atoms with van der Waals surface area (Å²) in [6.07, 6.45) is 4.98. The van der Waals surface area contributed by atoms with Crippen LogP contribution in [0, 0.1) is 0 Å². The van der Waals surface area contributed by atoms with Crippen molar-refractivity contribution in [1.82, 2.24) is 0 Å². The van der Waals surface area contributed by atoms with Crippen LogP contribution in [-0.2, 0) is 12.8 Å². The molecule has 0 unspecified atom stereocenters. The van der Waals surface area contributed by atoms with Crippen molar-refractivity contribution < 1.29 is 0 Å². The van der Waals surface area contributed by atoms with Crippen molar-refractivity contribution in [3.63, 3.8) is 0 Å². The minimum atomic E-state index is 0.701. The van der Waals surface area contributed by atoms with Gasteiger partial charge in [-0.1, -0.05) is 58.4 Å². The molecule has 0 bridgehead atoms.